The SMILES string of the molecule is O=C(Nc1ccc(O)c(O)c1)c1cc(-c2ccc([N+](=O)[O-])cc2)n[nH]1. The van der Waals surface area contributed by atoms with E-state index in [9.17, 15) is 25.1 Å². The maximum atomic E-state index is 12.2. The van der Waals surface area contributed by atoms with Crippen LogP contribution < -0.4 is 5.32 Å². The number of anilines is 1. The van der Waals surface area contributed by atoms with Crippen LogP contribution in [-0.2, 0) is 0 Å². The number of nitro groups is 1. The van der Waals surface area contributed by atoms with Crippen LogP contribution in [0.3, 0.4) is 0 Å². The number of nitrogens with one attached hydrogen (secondary N) is 2. The van der Waals surface area contributed by atoms with E-state index in [2.05, 4.69) is 15.5 Å². The second kappa shape index (κ2) is 6.32. The minimum absolute atomic E-state index is 0.0376. The van der Waals surface area contributed by atoms with Crippen LogP contribution in [0.4, 0.5) is 11.4 Å². The molecule has 0 saturated heterocycles. The lowest BCUT2D eigenvalue weighted by Gasteiger charge is -2.04. The number of aromatic amines is 1. The molecule has 4 N–H and O–H groups in total. The van der Waals surface area contributed by atoms with Gasteiger partial charge in [-0.3, -0.25) is 20.0 Å². The highest BCUT2D eigenvalue weighted by Crippen LogP contribution is 2.27. The average molecular weight is 340 g/mol. The highest BCUT2D eigenvalue weighted by molar-refractivity contribution is 6.03. The van der Waals surface area contributed by atoms with Crippen LogP contribution in [-0.4, -0.2) is 31.2 Å². The lowest BCUT2D eigenvalue weighted by atomic mass is 10.1. The second-order valence-electron chi connectivity index (χ2n) is 5.13. The maximum absolute atomic E-state index is 12.2. The van der Waals surface area contributed by atoms with Crippen LogP contribution in [0, 0.1) is 10.1 Å². The Bertz CT molecular complexity index is 949. The number of phenols is 2. The number of aromatic hydroxyl groups is 2. The predicted molar refractivity (Wildman–Crippen MR) is 88.4 cm³/mol. The molecule has 3 aromatic rings. The Kier molecular flexibility index (Phi) is 4.04. The first kappa shape index (κ1) is 16.0. The minimum atomic E-state index is -0.500. The van der Waals surface area contributed by atoms with Gasteiger partial charge >= 0.3 is 0 Å². The summed E-state index contributed by atoms with van der Waals surface area (Å²) >= 11 is 0. The third-order valence-corrected chi connectivity index (χ3v) is 3.43. The molecule has 3 rings (SSSR count). The van der Waals surface area contributed by atoms with Crippen molar-refractivity contribution in [1.82, 2.24) is 10.2 Å². The molecule has 0 aliphatic rings. The first-order valence-electron chi connectivity index (χ1n) is 7.07. The molecule has 1 heterocycles. The Labute approximate surface area is 140 Å². The number of carbonyl (C=O) groups excluding carboxylic acids is 1. The molecule has 0 unspecified atom stereocenters. The van der Waals surface area contributed by atoms with E-state index in [0.29, 0.717) is 16.9 Å². The van der Waals surface area contributed by atoms with Gasteiger partial charge in [-0.15, -0.1) is 0 Å². The molecule has 0 aliphatic carbocycles. The van der Waals surface area contributed by atoms with Gasteiger partial charge < -0.3 is 15.5 Å². The van der Waals surface area contributed by atoms with Crippen LogP contribution in [0.15, 0.2) is 48.5 Å². The lowest BCUT2D eigenvalue weighted by Crippen LogP contribution is -2.12. The average Bonchev–Trinajstić information content (AvgIpc) is 3.08. The quantitative estimate of drug-likeness (QED) is 0.249. The van der Waals surface area contributed by atoms with Crippen molar-refractivity contribution in [3.8, 4) is 22.8 Å². The molecule has 9 nitrogen and oxygen atoms in total. The fourth-order valence-corrected chi connectivity index (χ4v) is 2.14. The molecule has 0 bridgehead atoms. The van der Waals surface area contributed by atoms with Gasteiger partial charge in [0.15, 0.2) is 11.5 Å². The number of hydrogen-bond acceptors (Lipinski definition) is 6. The number of benzene rings is 2. The molecular formula is C16H12N4O5. The van der Waals surface area contributed by atoms with Crippen molar-refractivity contribution < 1.29 is 19.9 Å². The van der Waals surface area contributed by atoms with E-state index in [4.69, 9.17) is 0 Å². The summed E-state index contributed by atoms with van der Waals surface area (Å²) in [5, 5.41) is 38.5. The summed E-state index contributed by atoms with van der Waals surface area (Å²) < 4.78 is 0. The molecular weight excluding hydrogens is 328 g/mol. The number of nitrogens with zero attached hydrogens (tertiary/aromatic N) is 2. The molecule has 9 heteroatoms. The molecule has 126 valence electrons. The number of non-ortho nitro benzene ring substituents is 1. The normalized spacial score (nSPS) is 10.4. The summed E-state index contributed by atoms with van der Waals surface area (Å²) in [5.41, 5.74) is 1.49. The Morgan fingerprint density at radius 3 is 2.44 bits per heavy atom. The van der Waals surface area contributed by atoms with Crippen molar-refractivity contribution in [2.75, 3.05) is 5.32 Å². The van der Waals surface area contributed by atoms with Crippen LogP contribution >= 0.6 is 0 Å². The van der Waals surface area contributed by atoms with Gasteiger partial charge in [-0.25, -0.2) is 0 Å². The zero-order valence-electron chi connectivity index (χ0n) is 12.6. The van der Waals surface area contributed by atoms with Gasteiger partial charge in [-0.05, 0) is 30.3 Å². The molecule has 0 atom stereocenters. The van der Waals surface area contributed by atoms with E-state index in [-0.39, 0.29) is 22.9 Å². The van der Waals surface area contributed by atoms with Crippen molar-refractivity contribution in [2.45, 2.75) is 0 Å². The monoisotopic (exact) mass is 340 g/mol. The Hall–Kier alpha value is -3.88. The maximum Gasteiger partial charge on any atom is 0.273 e. The van der Waals surface area contributed by atoms with E-state index in [1.807, 2.05) is 0 Å². The lowest BCUT2D eigenvalue weighted by molar-refractivity contribution is -0.384. The van der Waals surface area contributed by atoms with Crippen molar-refractivity contribution in [3.05, 3.63) is 64.3 Å². The molecule has 0 fully saturated rings. The molecule has 0 spiro atoms. The van der Waals surface area contributed by atoms with Gasteiger partial charge in [0.05, 0.1) is 10.6 Å². The van der Waals surface area contributed by atoms with E-state index in [1.165, 1.54) is 48.5 Å². The molecule has 0 radical (unpaired) electrons. The summed E-state index contributed by atoms with van der Waals surface area (Å²) in [5.74, 6) is -1.14. The molecule has 0 saturated carbocycles. The van der Waals surface area contributed by atoms with Crippen molar-refractivity contribution >= 4 is 17.3 Å². The van der Waals surface area contributed by atoms with Gasteiger partial charge in [0.25, 0.3) is 11.6 Å². The molecule has 1 amide bonds. The summed E-state index contributed by atoms with van der Waals surface area (Å²) in [7, 11) is 0. The van der Waals surface area contributed by atoms with Gasteiger partial charge in [0.2, 0.25) is 0 Å². The van der Waals surface area contributed by atoms with Crippen LogP contribution in [0.25, 0.3) is 11.3 Å². The Morgan fingerprint density at radius 2 is 1.80 bits per heavy atom. The molecule has 1 aromatic heterocycles. The predicted octanol–water partition coefficient (Wildman–Crippen LogP) is 2.65. The number of aromatic nitrogens is 2. The number of amides is 1. The third-order valence-electron chi connectivity index (χ3n) is 3.43. The third kappa shape index (κ3) is 3.39. The van der Waals surface area contributed by atoms with Crippen molar-refractivity contribution in [1.29, 1.82) is 0 Å². The summed E-state index contributed by atoms with van der Waals surface area (Å²) in [6.45, 7) is 0. The highest BCUT2D eigenvalue weighted by Gasteiger charge is 2.13. The van der Waals surface area contributed by atoms with Crippen molar-refractivity contribution in [2.24, 2.45) is 0 Å². The Morgan fingerprint density at radius 1 is 1.08 bits per heavy atom. The number of nitro benzene ring substituents is 1. The minimum Gasteiger partial charge on any atom is -0.504 e. The van der Waals surface area contributed by atoms with E-state index < -0.39 is 10.8 Å². The molecule has 25 heavy (non-hydrogen) atoms. The Balaban J connectivity index is 1.77. The number of carbonyl (C=O) groups is 1. The van der Waals surface area contributed by atoms with Crippen molar-refractivity contribution in [3.63, 3.8) is 0 Å². The smallest absolute Gasteiger partial charge is 0.273 e. The van der Waals surface area contributed by atoms with Gasteiger partial charge in [-0.1, -0.05) is 0 Å². The van der Waals surface area contributed by atoms with E-state index in [1.54, 1.807) is 0 Å². The number of phenolic OH excluding ortho intramolecular Hbond substituents is 2. The molecule has 0 aliphatic heterocycles. The summed E-state index contributed by atoms with van der Waals surface area (Å²) in [6, 6.07) is 11.2. The van der Waals surface area contributed by atoms with E-state index >= 15 is 0 Å². The second-order valence-corrected chi connectivity index (χ2v) is 5.13. The van der Waals surface area contributed by atoms with E-state index in [0.717, 1.165) is 0 Å². The van der Waals surface area contributed by atoms with Crippen LogP contribution in [0.5, 0.6) is 11.5 Å². The first-order valence-corrected chi connectivity index (χ1v) is 7.07. The first-order chi connectivity index (χ1) is 11.9. The fraction of sp³-hybridized carbons (Fsp3) is 0. The largest absolute Gasteiger partial charge is 0.504 e. The number of hydrogen-bond donors (Lipinski definition) is 4. The van der Waals surface area contributed by atoms with Gasteiger partial charge in [0, 0.05) is 29.4 Å². The zero-order chi connectivity index (χ0) is 18.0. The number of rotatable bonds is 4. The van der Waals surface area contributed by atoms with Crippen LogP contribution in [0.1, 0.15) is 10.5 Å². The zero-order valence-corrected chi connectivity index (χ0v) is 12.6. The molecule has 2 aromatic carbocycles. The summed E-state index contributed by atoms with van der Waals surface area (Å²) in [6.07, 6.45) is 0. The number of H-pyrrole nitrogens is 1. The fourth-order valence-electron chi connectivity index (χ4n) is 2.14. The topological polar surface area (TPSA) is 141 Å². The van der Waals surface area contributed by atoms with Gasteiger partial charge in [-0.2, -0.15) is 5.10 Å². The highest BCUT2D eigenvalue weighted by atomic mass is 16.6. The standard InChI is InChI=1S/C16H12N4O5/c21-14-6-3-10(7-15(14)22)17-16(23)13-8-12(18-19-13)9-1-4-11(5-2-9)20(24)25/h1-8,21-22H,(H,17,23)(H,18,19). The summed E-state index contributed by atoms with van der Waals surface area (Å²) in [4.78, 5) is 22.3. The van der Waals surface area contributed by atoms with Gasteiger partial charge in [0.1, 0.15) is 5.69 Å². The van der Waals surface area contributed by atoms with Crippen LogP contribution in [0.2, 0.25) is 0 Å².